The highest BCUT2D eigenvalue weighted by molar-refractivity contribution is 14.1. The number of hydrogen-bond acceptors (Lipinski definition) is 3. The Labute approximate surface area is 131 Å². The fourth-order valence-corrected chi connectivity index (χ4v) is 2.68. The second-order valence-electron chi connectivity index (χ2n) is 4.72. The van der Waals surface area contributed by atoms with Crippen LogP contribution in [0.2, 0.25) is 0 Å². The van der Waals surface area contributed by atoms with Gasteiger partial charge in [-0.1, -0.05) is 0 Å². The number of halogens is 1. The van der Waals surface area contributed by atoms with E-state index in [1.807, 2.05) is 18.5 Å². The van der Waals surface area contributed by atoms with E-state index in [-0.39, 0.29) is 5.91 Å². The van der Waals surface area contributed by atoms with Gasteiger partial charge in [-0.05, 0) is 43.4 Å². The number of aromatic amines is 1. The van der Waals surface area contributed by atoms with E-state index >= 15 is 0 Å². The highest BCUT2D eigenvalue weighted by atomic mass is 127. The lowest BCUT2D eigenvalue weighted by Crippen LogP contribution is -2.27. The molecular weight excluding hydrogens is 369 g/mol. The first kappa shape index (κ1) is 15.0. The number of aryl methyl sites for hydroxylation is 2. The number of rotatable bonds is 4. The van der Waals surface area contributed by atoms with Crippen LogP contribution in [0.3, 0.4) is 0 Å². The lowest BCUT2D eigenvalue weighted by molar-refractivity contribution is 0.0778. The minimum Gasteiger partial charge on any atom is -0.336 e. The monoisotopic (exact) mass is 387 g/mol. The van der Waals surface area contributed by atoms with Crippen molar-refractivity contribution in [3.8, 4) is 0 Å². The minimum absolute atomic E-state index is 0.0602. The van der Waals surface area contributed by atoms with E-state index in [1.165, 1.54) is 0 Å². The van der Waals surface area contributed by atoms with Crippen LogP contribution in [0.25, 0.3) is 0 Å². The average molecular weight is 387 g/mol. The predicted octanol–water partition coefficient (Wildman–Crippen LogP) is 2.12. The summed E-state index contributed by atoms with van der Waals surface area (Å²) >= 11 is 2.10. The lowest BCUT2D eigenvalue weighted by Gasteiger charge is -2.17. The molecule has 7 heteroatoms. The summed E-state index contributed by atoms with van der Waals surface area (Å²) in [5.41, 5.74) is 3.73. The molecule has 0 spiro atoms. The molecule has 0 fully saturated rings. The van der Waals surface area contributed by atoms with Gasteiger partial charge in [0.25, 0.3) is 5.91 Å². The van der Waals surface area contributed by atoms with E-state index in [2.05, 4.69) is 44.8 Å². The molecule has 2 rings (SSSR count). The molecule has 2 aromatic heterocycles. The zero-order chi connectivity index (χ0) is 14.9. The smallest absolute Gasteiger partial charge is 0.273 e. The van der Waals surface area contributed by atoms with E-state index in [0.717, 1.165) is 27.1 Å². The molecular formula is C13H18IN5O. The molecule has 1 N–H and O–H groups in total. The number of H-pyrrole nitrogens is 1. The van der Waals surface area contributed by atoms with Crippen LogP contribution in [0.4, 0.5) is 0 Å². The number of hydrogen-bond donors (Lipinski definition) is 1. The second kappa shape index (κ2) is 5.94. The lowest BCUT2D eigenvalue weighted by atomic mass is 10.2. The van der Waals surface area contributed by atoms with Crippen LogP contribution in [0.5, 0.6) is 0 Å². The molecule has 6 nitrogen and oxygen atoms in total. The minimum atomic E-state index is -0.0602. The molecule has 20 heavy (non-hydrogen) atoms. The van der Waals surface area contributed by atoms with Crippen molar-refractivity contribution in [1.82, 2.24) is 24.9 Å². The van der Waals surface area contributed by atoms with Gasteiger partial charge < -0.3 is 4.90 Å². The SMILES string of the molecule is CCn1nc(C)c(CN(C)C(=O)c2[nH]ncc2I)c1C. The second-order valence-corrected chi connectivity index (χ2v) is 5.88. The van der Waals surface area contributed by atoms with Crippen LogP contribution in [0.1, 0.15) is 34.4 Å². The molecule has 108 valence electrons. The largest absolute Gasteiger partial charge is 0.336 e. The summed E-state index contributed by atoms with van der Waals surface area (Å²) in [5, 5.41) is 11.1. The summed E-state index contributed by atoms with van der Waals surface area (Å²) in [4.78, 5) is 14.0. The van der Waals surface area contributed by atoms with Crippen molar-refractivity contribution in [2.45, 2.75) is 33.9 Å². The maximum atomic E-state index is 12.4. The number of nitrogens with one attached hydrogen (secondary N) is 1. The first-order valence-electron chi connectivity index (χ1n) is 6.42. The van der Waals surface area contributed by atoms with Gasteiger partial charge in [-0.25, -0.2) is 0 Å². The molecule has 1 amide bonds. The fraction of sp³-hybridized carbons (Fsp3) is 0.462. The van der Waals surface area contributed by atoms with Gasteiger partial charge in [-0.2, -0.15) is 10.2 Å². The Balaban J connectivity index is 2.20. The van der Waals surface area contributed by atoms with E-state index < -0.39 is 0 Å². The van der Waals surface area contributed by atoms with Crippen molar-refractivity contribution in [3.63, 3.8) is 0 Å². The molecule has 0 saturated carbocycles. The van der Waals surface area contributed by atoms with Crippen LogP contribution in [-0.4, -0.2) is 37.8 Å². The Bertz CT molecular complexity index is 631. The predicted molar refractivity (Wildman–Crippen MR) is 84.5 cm³/mol. The molecule has 0 bridgehead atoms. The number of aromatic nitrogens is 4. The Hall–Kier alpha value is -1.38. The number of carbonyl (C=O) groups is 1. The summed E-state index contributed by atoms with van der Waals surface area (Å²) in [6, 6.07) is 0. The van der Waals surface area contributed by atoms with Crippen molar-refractivity contribution in [1.29, 1.82) is 0 Å². The van der Waals surface area contributed by atoms with E-state index in [4.69, 9.17) is 0 Å². The van der Waals surface area contributed by atoms with Crippen molar-refractivity contribution in [3.05, 3.63) is 32.4 Å². The third kappa shape index (κ3) is 2.72. The van der Waals surface area contributed by atoms with E-state index in [9.17, 15) is 4.79 Å². The summed E-state index contributed by atoms with van der Waals surface area (Å²) in [6.45, 7) is 7.46. The Kier molecular flexibility index (Phi) is 4.46. The average Bonchev–Trinajstić information content (AvgIpc) is 2.95. The summed E-state index contributed by atoms with van der Waals surface area (Å²) in [7, 11) is 1.79. The first-order chi connectivity index (χ1) is 9.45. The summed E-state index contributed by atoms with van der Waals surface area (Å²) < 4.78 is 2.79. The molecule has 0 radical (unpaired) electrons. The number of carbonyl (C=O) groups excluding carboxylic acids is 1. The van der Waals surface area contributed by atoms with Crippen molar-refractivity contribution in [2.75, 3.05) is 7.05 Å². The normalized spacial score (nSPS) is 10.8. The van der Waals surface area contributed by atoms with Crippen molar-refractivity contribution in [2.24, 2.45) is 0 Å². The van der Waals surface area contributed by atoms with Crippen LogP contribution >= 0.6 is 22.6 Å². The number of amides is 1. The first-order valence-corrected chi connectivity index (χ1v) is 7.50. The summed E-state index contributed by atoms with van der Waals surface area (Å²) in [6.07, 6.45) is 1.65. The third-order valence-corrected chi connectivity index (χ3v) is 4.20. The molecule has 2 heterocycles. The van der Waals surface area contributed by atoms with E-state index in [1.54, 1.807) is 18.1 Å². The zero-order valence-corrected chi connectivity index (χ0v) is 14.2. The number of nitrogens with zero attached hydrogens (tertiary/aromatic N) is 4. The Morgan fingerprint density at radius 2 is 2.20 bits per heavy atom. The van der Waals surface area contributed by atoms with Crippen molar-refractivity contribution >= 4 is 28.5 Å². The standard InChI is InChI=1S/C13H18IN5O/c1-5-19-9(3)10(8(2)17-19)7-18(4)13(20)12-11(14)6-15-16-12/h6H,5,7H2,1-4H3,(H,15,16). The summed E-state index contributed by atoms with van der Waals surface area (Å²) in [5.74, 6) is -0.0602. The van der Waals surface area contributed by atoms with Gasteiger partial charge >= 0.3 is 0 Å². The maximum absolute atomic E-state index is 12.4. The van der Waals surface area contributed by atoms with Gasteiger partial charge in [0.05, 0.1) is 15.5 Å². The highest BCUT2D eigenvalue weighted by Gasteiger charge is 2.20. The van der Waals surface area contributed by atoms with Crippen LogP contribution in [0.15, 0.2) is 6.20 Å². The molecule has 0 aliphatic heterocycles. The Morgan fingerprint density at radius 1 is 1.50 bits per heavy atom. The van der Waals surface area contributed by atoms with Crippen molar-refractivity contribution < 1.29 is 4.79 Å². The topological polar surface area (TPSA) is 66.8 Å². The zero-order valence-electron chi connectivity index (χ0n) is 12.1. The molecule has 0 aromatic carbocycles. The molecule has 0 saturated heterocycles. The quantitative estimate of drug-likeness (QED) is 0.818. The van der Waals surface area contributed by atoms with E-state index in [0.29, 0.717) is 12.2 Å². The fourth-order valence-electron chi connectivity index (χ4n) is 2.19. The van der Waals surface area contributed by atoms with Gasteiger partial charge in [0.1, 0.15) is 5.69 Å². The molecule has 0 atom stereocenters. The van der Waals surface area contributed by atoms with Crippen LogP contribution in [-0.2, 0) is 13.1 Å². The molecule has 2 aromatic rings. The third-order valence-electron chi connectivity index (χ3n) is 3.38. The molecule has 0 unspecified atom stereocenters. The van der Waals surface area contributed by atoms with Gasteiger partial charge in [0, 0.05) is 31.4 Å². The molecule has 0 aliphatic rings. The van der Waals surface area contributed by atoms with Crippen LogP contribution < -0.4 is 0 Å². The Morgan fingerprint density at radius 3 is 2.70 bits per heavy atom. The highest BCUT2D eigenvalue weighted by Crippen LogP contribution is 2.17. The molecule has 0 aliphatic carbocycles. The van der Waals surface area contributed by atoms with Gasteiger partial charge in [-0.15, -0.1) is 0 Å². The van der Waals surface area contributed by atoms with Gasteiger partial charge in [0.2, 0.25) is 0 Å². The van der Waals surface area contributed by atoms with Gasteiger partial charge in [-0.3, -0.25) is 14.6 Å². The maximum Gasteiger partial charge on any atom is 0.273 e. The van der Waals surface area contributed by atoms with Gasteiger partial charge in [0.15, 0.2) is 0 Å². The van der Waals surface area contributed by atoms with Crippen LogP contribution in [0, 0.1) is 17.4 Å².